The maximum absolute atomic E-state index is 12.1. The second-order valence-electron chi connectivity index (χ2n) is 4.57. The molecule has 4 nitrogen and oxygen atoms in total. The molecule has 0 spiro atoms. The number of halogens is 1. The molecular formula is C12H17BrN2O2. The van der Waals surface area contributed by atoms with E-state index in [0.29, 0.717) is 16.3 Å². The van der Waals surface area contributed by atoms with E-state index in [1.807, 2.05) is 7.05 Å². The second-order valence-corrected chi connectivity index (χ2v) is 5.29. The van der Waals surface area contributed by atoms with Crippen LogP contribution in [0.1, 0.15) is 23.2 Å². The van der Waals surface area contributed by atoms with Crippen molar-refractivity contribution in [2.75, 3.05) is 27.2 Å². The number of nitrogens with zero attached hydrogens (tertiary/aromatic N) is 2. The molecule has 1 atom stereocenters. The molecule has 94 valence electrons. The van der Waals surface area contributed by atoms with Crippen LogP contribution in [0.25, 0.3) is 0 Å². The van der Waals surface area contributed by atoms with Gasteiger partial charge in [0.1, 0.15) is 0 Å². The predicted molar refractivity (Wildman–Crippen MR) is 69.0 cm³/mol. The van der Waals surface area contributed by atoms with Crippen molar-refractivity contribution in [2.45, 2.75) is 18.9 Å². The predicted octanol–water partition coefficient (Wildman–Crippen LogP) is 2.21. The molecule has 0 N–H and O–H groups in total. The first-order valence-corrected chi connectivity index (χ1v) is 6.57. The fraction of sp³-hybridized carbons (Fsp3) is 0.583. The summed E-state index contributed by atoms with van der Waals surface area (Å²) >= 11 is 3.24. The van der Waals surface area contributed by atoms with Crippen molar-refractivity contribution >= 4 is 21.8 Å². The molecule has 0 aliphatic carbocycles. The van der Waals surface area contributed by atoms with Crippen LogP contribution in [0.15, 0.2) is 21.4 Å². The van der Waals surface area contributed by atoms with Gasteiger partial charge in [0, 0.05) is 19.6 Å². The number of furan rings is 1. The molecule has 0 saturated carbocycles. The van der Waals surface area contributed by atoms with E-state index in [1.54, 1.807) is 11.0 Å². The van der Waals surface area contributed by atoms with Crippen LogP contribution in [0.3, 0.4) is 0 Å². The van der Waals surface area contributed by atoms with Gasteiger partial charge in [-0.1, -0.05) is 0 Å². The minimum Gasteiger partial charge on any atom is -0.457 e. The Labute approximate surface area is 110 Å². The van der Waals surface area contributed by atoms with Crippen LogP contribution in [-0.2, 0) is 0 Å². The van der Waals surface area contributed by atoms with Gasteiger partial charge in [-0.15, -0.1) is 0 Å². The molecule has 1 fully saturated rings. The summed E-state index contributed by atoms with van der Waals surface area (Å²) < 4.78 is 5.59. The van der Waals surface area contributed by atoms with Gasteiger partial charge in [0.05, 0.1) is 11.8 Å². The lowest BCUT2D eigenvalue weighted by atomic mass is 10.2. The number of hydrogen-bond acceptors (Lipinski definition) is 3. The van der Waals surface area contributed by atoms with E-state index < -0.39 is 0 Å². The summed E-state index contributed by atoms with van der Waals surface area (Å²) in [5.41, 5.74) is 0.591. The van der Waals surface area contributed by atoms with Crippen LogP contribution in [0.2, 0.25) is 0 Å². The third kappa shape index (κ3) is 2.72. The van der Waals surface area contributed by atoms with E-state index in [4.69, 9.17) is 4.42 Å². The Kier molecular flexibility index (Phi) is 3.89. The summed E-state index contributed by atoms with van der Waals surface area (Å²) in [6.45, 7) is 1.90. The van der Waals surface area contributed by atoms with Crippen LogP contribution < -0.4 is 0 Å². The number of likely N-dealkylation sites (N-methyl/N-ethyl adjacent to an activating group) is 2. The smallest absolute Gasteiger partial charge is 0.258 e. The Hall–Kier alpha value is -0.810. The SMILES string of the molecule is CN(CC1CCCN1C)C(=O)c1ccoc1Br. The van der Waals surface area contributed by atoms with Gasteiger partial charge in [0.25, 0.3) is 5.91 Å². The van der Waals surface area contributed by atoms with Gasteiger partial charge in [0.15, 0.2) is 4.67 Å². The molecule has 1 aromatic heterocycles. The zero-order valence-electron chi connectivity index (χ0n) is 10.1. The monoisotopic (exact) mass is 300 g/mol. The van der Waals surface area contributed by atoms with Gasteiger partial charge < -0.3 is 14.2 Å². The van der Waals surface area contributed by atoms with Crippen LogP contribution in [0.4, 0.5) is 0 Å². The molecule has 2 heterocycles. The highest BCUT2D eigenvalue weighted by atomic mass is 79.9. The molecule has 1 amide bonds. The van der Waals surface area contributed by atoms with Gasteiger partial charge in [-0.2, -0.15) is 0 Å². The molecular weight excluding hydrogens is 284 g/mol. The van der Waals surface area contributed by atoms with E-state index in [-0.39, 0.29) is 5.91 Å². The molecule has 2 rings (SSSR count). The van der Waals surface area contributed by atoms with Crippen molar-refractivity contribution in [3.05, 3.63) is 22.6 Å². The number of likely N-dealkylation sites (tertiary alicyclic amines) is 1. The summed E-state index contributed by atoms with van der Waals surface area (Å²) in [7, 11) is 3.96. The Balaban J connectivity index is 1.98. The second kappa shape index (κ2) is 5.23. The Bertz CT molecular complexity index is 405. The summed E-state index contributed by atoms with van der Waals surface area (Å²) in [6, 6.07) is 2.18. The van der Waals surface area contributed by atoms with Crippen molar-refractivity contribution < 1.29 is 9.21 Å². The summed E-state index contributed by atoms with van der Waals surface area (Å²) in [6.07, 6.45) is 3.91. The average molecular weight is 301 g/mol. The van der Waals surface area contributed by atoms with Crippen molar-refractivity contribution in [3.8, 4) is 0 Å². The molecule has 0 aromatic carbocycles. The van der Waals surface area contributed by atoms with Gasteiger partial charge >= 0.3 is 0 Å². The Morgan fingerprint density at radius 1 is 1.71 bits per heavy atom. The van der Waals surface area contributed by atoms with Gasteiger partial charge in [0.2, 0.25) is 0 Å². The molecule has 1 aliphatic rings. The Morgan fingerprint density at radius 3 is 3.00 bits per heavy atom. The van der Waals surface area contributed by atoms with Gasteiger partial charge in [-0.25, -0.2) is 0 Å². The average Bonchev–Trinajstić information content (AvgIpc) is 2.88. The van der Waals surface area contributed by atoms with E-state index in [0.717, 1.165) is 13.1 Å². The lowest BCUT2D eigenvalue weighted by molar-refractivity contribution is 0.0759. The van der Waals surface area contributed by atoms with E-state index in [9.17, 15) is 4.79 Å². The minimum absolute atomic E-state index is 0.00549. The molecule has 1 unspecified atom stereocenters. The van der Waals surface area contributed by atoms with Crippen LogP contribution in [0.5, 0.6) is 0 Å². The lowest BCUT2D eigenvalue weighted by Crippen LogP contribution is -2.39. The molecule has 17 heavy (non-hydrogen) atoms. The van der Waals surface area contributed by atoms with Crippen molar-refractivity contribution in [1.82, 2.24) is 9.80 Å². The van der Waals surface area contributed by atoms with Crippen LogP contribution >= 0.6 is 15.9 Å². The largest absolute Gasteiger partial charge is 0.457 e. The summed E-state index contributed by atoms with van der Waals surface area (Å²) in [5, 5.41) is 0. The van der Waals surface area contributed by atoms with Gasteiger partial charge in [-0.3, -0.25) is 4.79 Å². The third-order valence-corrected chi connectivity index (χ3v) is 3.97. The molecule has 5 heteroatoms. The minimum atomic E-state index is 0.00549. The summed E-state index contributed by atoms with van der Waals surface area (Å²) in [5.74, 6) is 0.00549. The number of carbonyl (C=O) groups excluding carboxylic acids is 1. The Morgan fingerprint density at radius 2 is 2.47 bits per heavy atom. The highest BCUT2D eigenvalue weighted by Gasteiger charge is 2.25. The van der Waals surface area contributed by atoms with Gasteiger partial charge in [-0.05, 0) is 48.4 Å². The van der Waals surface area contributed by atoms with Crippen molar-refractivity contribution in [3.63, 3.8) is 0 Å². The maximum atomic E-state index is 12.1. The highest BCUT2D eigenvalue weighted by Crippen LogP contribution is 2.20. The third-order valence-electron chi connectivity index (χ3n) is 3.35. The zero-order chi connectivity index (χ0) is 12.4. The first-order valence-electron chi connectivity index (χ1n) is 5.78. The number of rotatable bonds is 3. The molecule has 0 bridgehead atoms. The molecule has 1 aromatic rings. The van der Waals surface area contributed by atoms with Crippen molar-refractivity contribution in [1.29, 1.82) is 0 Å². The fourth-order valence-electron chi connectivity index (χ4n) is 2.26. The van der Waals surface area contributed by atoms with E-state index in [1.165, 1.54) is 19.1 Å². The summed E-state index contributed by atoms with van der Waals surface area (Å²) in [4.78, 5) is 16.2. The number of carbonyl (C=O) groups is 1. The molecule has 0 radical (unpaired) electrons. The highest BCUT2D eigenvalue weighted by molar-refractivity contribution is 9.10. The lowest BCUT2D eigenvalue weighted by Gasteiger charge is -2.25. The fourth-order valence-corrected chi connectivity index (χ4v) is 2.67. The first-order chi connectivity index (χ1) is 8.09. The topological polar surface area (TPSA) is 36.7 Å². The molecule has 1 saturated heterocycles. The van der Waals surface area contributed by atoms with E-state index in [2.05, 4.69) is 27.9 Å². The van der Waals surface area contributed by atoms with Crippen LogP contribution in [-0.4, -0.2) is 48.9 Å². The normalized spacial score (nSPS) is 20.8. The standard InChI is InChI=1S/C12H17BrN2O2/c1-14-6-3-4-9(14)8-15(2)12(16)10-5-7-17-11(10)13/h5,7,9H,3-4,6,8H2,1-2H3. The van der Waals surface area contributed by atoms with Crippen molar-refractivity contribution in [2.24, 2.45) is 0 Å². The number of hydrogen-bond donors (Lipinski definition) is 0. The van der Waals surface area contributed by atoms with E-state index >= 15 is 0 Å². The maximum Gasteiger partial charge on any atom is 0.258 e. The first kappa shape index (κ1) is 12.6. The van der Waals surface area contributed by atoms with Crippen LogP contribution in [0, 0.1) is 0 Å². The zero-order valence-corrected chi connectivity index (χ0v) is 11.7. The number of amides is 1. The quantitative estimate of drug-likeness (QED) is 0.859. The molecule has 1 aliphatic heterocycles.